The first kappa shape index (κ1) is 16.7. The molecular formula is C21H20N2O2. The monoisotopic (exact) mass is 332 g/mol. The summed E-state index contributed by atoms with van der Waals surface area (Å²) in [4.78, 5) is 16.8. The summed E-state index contributed by atoms with van der Waals surface area (Å²) in [7, 11) is 1.63. The van der Waals surface area contributed by atoms with Gasteiger partial charge in [-0.15, -0.1) is 0 Å². The first-order valence-corrected chi connectivity index (χ1v) is 8.12. The highest BCUT2D eigenvalue weighted by molar-refractivity contribution is 5.95. The van der Waals surface area contributed by atoms with Crippen molar-refractivity contribution in [1.82, 2.24) is 10.3 Å². The van der Waals surface area contributed by atoms with Gasteiger partial charge in [-0.3, -0.25) is 9.78 Å². The van der Waals surface area contributed by atoms with Crippen molar-refractivity contribution in [2.24, 2.45) is 0 Å². The smallest absolute Gasteiger partial charge is 0.253 e. The molecule has 0 bridgehead atoms. The summed E-state index contributed by atoms with van der Waals surface area (Å²) >= 11 is 0. The minimum atomic E-state index is -0.145. The normalized spacial score (nSPS) is 11.6. The second kappa shape index (κ2) is 7.62. The Morgan fingerprint density at radius 1 is 1.00 bits per heavy atom. The summed E-state index contributed by atoms with van der Waals surface area (Å²) in [6.45, 7) is 1.96. The predicted molar refractivity (Wildman–Crippen MR) is 98.5 cm³/mol. The molecule has 0 aliphatic heterocycles. The van der Waals surface area contributed by atoms with Crippen molar-refractivity contribution < 1.29 is 9.53 Å². The number of methoxy groups -OCH3 is 1. The van der Waals surface area contributed by atoms with Gasteiger partial charge < -0.3 is 10.1 Å². The number of nitrogens with one attached hydrogen (secondary N) is 1. The van der Waals surface area contributed by atoms with Crippen LogP contribution >= 0.6 is 0 Å². The Kier molecular flexibility index (Phi) is 5.09. The molecule has 0 unspecified atom stereocenters. The standard InChI is InChI=1S/C21H20N2O2/c1-15(16-7-4-3-5-8-16)23-21(24)19-11-18(13-22-14-19)17-9-6-10-20(12-17)25-2/h3-15H,1-2H3,(H,23,24)/t15-/m1/s1. The van der Waals surface area contributed by atoms with Crippen molar-refractivity contribution >= 4 is 5.91 Å². The maximum atomic E-state index is 12.6. The summed E-state index contributed by atoms with van der Waals surface area (Å²) in [5, 5.41) is 3.01. The molecule has 3 rings (SSSR count). The molecule has 1 heterocycles. The second-order valence-electron chi connectivity index (χ2n) is 5.80. The van der Waals surface area contributed by atoms with Crippen LogP contribution in [0.1, 0.15) is 28.9 Å². The number of hydrogen-bond donors (Lipinski definition) is 1. The number of ether oxygens (including phenoxy) is 1. The fourth-order valence-corrected chi connectivity index (χ4v) is 2.63. The van der Waals surface area contributed by atoms with Crippen molar-refractivity contribution in [3.63, 3.8) is 0 Å². The van der Waals surface area contributed by atoms with Crippen molar-refractivity contribution in [3.8, 4) is 16.9 Å². The summed E-state index contributed by atoms with van der Waals surface area (Å²) in [6.07, 6.45) is 3.32. The number of carbonyl (C=O) groups excluding carboxylic acids is 1. The number of nitrogens with zero attached hydrogens (tertiary/aromatic N) is 1. The molecule has 0 saturated carbocycles. The van der Waals surface area contributed by atoms with Crippen LogP contribution in [0.3, 0.4) is 0 Å². The van der Waals surface area contributed by atoms with Gasteiger partial charge in [0.2, 0.25) is 0 Å². The number of amides is 1. The molecule has 1 amide bonds. The van der Waals surface area contributed by atoms with Crippen LogP contribution in [-0.4, -0.2) is 18.0 Å². The Morgan fingerprint density at radius 2 is 1.80 bits per heavy atom. The van der Waals surface area contributed by atoms with E-state index < -0.39 is 0 Å². The Balaban J connectivity index is 1.80. The summed E-state index contributed by atoms with van der Waals surface area (Å²) < 4.78 is 5.26. The molecule has 0 radical (unpaired) electrons. The number of rotatable bonds is 5. The van der Waals surface area contributed by atoms with Gasteiger partial charge >= 0.3 is 0 Å². The maximum absolute atomic E-state index is 12.6. The molecule has 1 aromatic heterocycles. The molecule has 126 valence electrons. The van der Waals surface area contributed by atoms with Gasteiger partial charge in [-0.25, -0.2) is 0 Å². The average Bonchev–Trinajstić information content (AvgIpc) is 2.68. The number of hydrogen-bond acceptors (Lipinski definition) is 3. The van der Waals surface area contributed by atoms with E-state index in [0.29, 0.717) is 5.56 Å². The minimum Gasteiger partial charge on any atom is -0.497 e. The summed E-state index contributed by atoms with van der Waals surface area (Å²) in [6, 6.07) is 19.3. The maximum Gasteiger partial charge on any atom is 0.253 e. The van der Waals surface area contributed by atoms with E-state index in [1.807, 2.05) is 67.6 Å². The van der Waals surface area contributed by atoms with E-state index in [9.17, 15) is 4.79 Å². The molecule has 1 atom stereocenters. The zero-order chi connectivity index (χ0) is 17.6. The highest BCUT2D eigenvalue weighted by Gasteiger charge is 2.12. The lowest BCUT2D eigenvalue weighted by molar-refractivity contribution is 0.0939. The molecule has 0 fully saturated rings. The van der Waals surface area contributed by atoms with Crippen molar-refractivity contribution in [1.29, 1.82) is 0 Å². The third-order valence-electron chi connectivity index (χ3n) is 4.05. The van der Waals surface area contributed by atoms with Gasteiger partial charge in [-0.1, -0.05) is 42.5 Å². The highest BCUT2D eigenvalue weighted by Crippen LogP contribution is 2.24. The Hall–Kier alpha value is -3.14. The van der Waals surface area contributed by atoms with Crippen LogP contribution in [-0.2, 0) is 0 Å². The van der Waals surface area contributed by atoms with Crippen LogP contribution in [0.15, 0.2) is 73.1 Å². The van der Waals surface area contributed by atoms with E-state index in [1.54, 1.807) is 19.5 Å². The molecule has 0 aliphatic carbocycles. The van der Waals surface area contributed by atoms with Gasteiger partial charge in [0.15, 0.2) is 0 Å². The molecule has 1 N–H and O–H groups in total. The van der Waals surface area contributed by atoms with Gasteiger partial charge in [-0.2, -0.15) is 0 Å². The van der Waals surface area contributed by atoms with E-state index in [-0.39, 0.29) is 11.9 Å². The molecule has 0 spiro atoms. The van der Waals surface area contributed by atoms with Crippen LogP contribution < -0.4 is 10.1 Å². The molecule has 0 saturated heterocycles. The van der Waals surface area contributed by atoms with Crippen LogP contribution in [0.2, 0.25) is 0 Å². The van der Waals surface area contributed by atoms with Crippen LogP contribution in [0.25, 0.3) is 11.1 Å². The van der Waals surface area contributed by atoms with E-state index in [1.165, 1.54) is 0 Å². The Bertz CT molecular complexity index is 863. The Morgan fingerprint density at radius 3 is 2.56 bits per heavy atom. The lowest BCUT2D eigenvalue weighted by Gasteiger charge is -2.14. The van der Waals surface area contributed by atoms with Gasteiger partial charge in [0, 0.05) is 18.0 Å². The molecule has 25 heavy (non-hydrogen) atoms. The third kappa shape index (κ3) is 4.04. The van der Waals surface area contributed by atoms with Crippen LogP contribution in [0.4, 0.5) is 0 Å². The van der Waals surface area contributed by atoms with Crippen molar-refractivity contribution in [2.45, 2.75) is 13.0 Å². The quantitative estimate of drug-likeness (QED) is 0.760. The van der Waals surface area contributed by atoms with E-state index in [0.717, 1.165) is 22.4 Å². The molecule has 4 heteroatoms. The number of pyridine rings is 1. The average molecular weight is 332 g/mol. The SMILES string of the molecule is COc1cccc(-c2cncc(C(=O)N[C@H](C)c3ccccc3)c2)c1. The zero-order valence-electron chi connectivity index (χ0n) is 14.3. The number of benzene rings is 2. The lowest BCUT2D eigenvalue weighted by atomic mass is 10.0. The minimum absolute atomic E-state index is 0.0748. The van der Waals surface area contributed by atoms with E-state index in [4.69, 9.17) is 4.74 Å². The highest BCUT2D eigenvalue weighted by atomic mass is 16.5. The number of aromatic nitrogens is 1. The van der Waals surface area contributed by atoms with Gasteiger partial charge in [0.1, 0.15) is 5.75 Å². The lowest BCUT2D eigenvalue weighted by Crippen LogP contribution is -2.26. The molecule has 2 aromatic carbocycles. The number of carbonyl (C=O) groups is 1. The summed E-state index contributed by atoms with van der Waals surface area (Å²) in [5.41, 5.74) is 3.42. The summed E-state index contributed by atoms with van der Waals surface area (Å²) in [5.74, 6) is 0.624. The van der Waals surface area contributed by atoms with Gasteiger partial charge in [-0.05, 0) is 36.2 Å². The molecule has 0 aliphatic rings. The van der Waals surface area contributed by atoms with Crippen molar-refractivity contribution in [3.05, 3.63) is 84.2 Å². The van der Waals surface area contributed by atoms with E-state index in [2.05, 4.69) is 10.3 Å². The Labute approximate surface area is 147 Å². The fraction of sp³-hybridized carbons (Fsp3) is 0.143. The third-order valence-corrected chi connectivity index (χ3v) is 4.05. The molecule has 3 aromatic rings. The predicted octanol–water partition coefficient (Wildman–Crippen LogP) is 4.25. The van der Waals surface area contributed by atoms with Gasteiger partial charge in [0.25, 0.3) is 5.91 Å². The first-order valence-electron chi connectivity index (χ1n) is 8.12. The largest absolute Gasteiger partial charge is 0.497 e. The second-order valence-corrected chi connectivity index (χ2v) is 5.80. The molecule has 4 nitrogen and oxygen atoms in total. The topological polar surface area (TPSA) is 51.2 Å². The van der Waals surface area contributed by atoms with Crippen molar-refractivity contribution in [2.75, 3.05) is 7.11 Å². The molecular weight excluding hydrogens is 312 g/mol. The zero-order valence-corrected chi connectivity index (χ0v) is 14.3. The van der Waals surface area contributed by atoms with E-state index >= 15 is 0 Å². The van der Waals surface area contributed by atoms with Crippen LogP contribution in [0, 0.1) is 0 Å². The first-order chi connectivity index (χ1) is 12.2. The van der Waals surface area contributed by atoms with Crippen LogP contribution in [0.5, 0.6) is 5.75 Å². The fourth-order valence-electron chi connectivity index (χ4n) is 2.63. The van der Waals surface area contributed by atoms with Gasteiger partial charge in [0.05, 0.1) is 18.7 Å².